The lowest BCUT2D eigenvalue weighted by Crippen LogP contribution is -2.43. The number of aromatic nitrogens is 1. The Morgan fingerprint density at radius 1 is 1.33 bits per heavy atom. The monoisotopic (exact) mass is 262 g/mol. The number of anilines is 1. The van der Waals surface area contributed by atoms with Crippen molar-refractivity contribution in [3.05, 3.63) is 36.5 Å². The number of thiol groups is 1. The maximum absolute atomic E-state index is 11.7. The Balaban J connectivity index is 2.28. The fraction of sp³-hybridized carbons (Fsp3) is 0.231. The van der Waals surface area contributed by atoms with E-state index in [0.29, 0.717) is 12.3 Å². The van der Waals surface area contributed by atoms with Crippen LogP contribution in [0.2, 0.25) is 0 Å². The van der Waals surface area contributed by atoms with Crippen LogP contribution in [0.25, 0.3) is 10.9 Å². The maximum atomic E-state index is 11.7. The van der Waals surface area contributed by atoms with Gasteiger partial charge in [0.25, 0.3) is 5.91 Å². The molecule has 0 saturated carbocycles. The van der Waals surface area contributed by atoms with Crippen molar-refractivity contribution in [1.82, 2.24) is 5.32 Å². The molecule has 94 valence electrons. The number of nitrogens with two attached hydrogens (primary N) is 1. The van der Waals surface area contributed by atoms with Crippen LogP contribution in [-0.2, 0) is 11.3 Å². The molecule has 0 atom stereocenters. The van der Waals surface area contributed by atoms with Crippen LogP contribution in [0.3, 0.4) is 0 Å². The zero-order valence-electron chi connectivity index (χ0n) is 9.97. The van der Waals surface area contributed by atoms with Gasteiger partial charge in [0, 0.05) is 30.1 Å². The molecule has 4 nitrogen and oxygen atoms in total. The first-order valence-corrected chi connectivity index (χ1v) is 6.40. The van der Waals surface area contributed by atoms with Crippen LogP contribution in [0.5, 0.6) is 0 Å². The summed E-state index contributed by atoms with van der Waals surface area (Å²) < 4.78 is 1.89. The first-order chi connectivity index (χ1) is 8.72. The summed E-state index contributed by atoms with van der Waals surface area (Å²) >= 11 is 4.06. The van der Waals surface area contributed by atoms with Crippen molar-refractivity contribution in [2.45, 2.75) is 6.54 Å². The number of pyridine rings is 1. The molecule has 5 heteroatoms. The SMILES string of the molecule is Nc1cccc2c1ccc[n+]2CC(=O)NCCS. The molecular formula is C13H16N3OS+. The molecule has 0 aliphatic rings. The Labute approximate surface area is 111 Å². The molecule has 3 N–H and O–H groups in total. The third kappa shape index (κ3) is 2.73. The molecule has 0 aliphatic heterocycles. The van der Waals surface area contributed by atoms with Gasteiger partial charge in [0.05, 0.1) is 5.39 Å². The van der Waals surface area contributed by atoms with E-state index in [1.165, 1.54) is 0 Å². The van der Waals surface area contributed by atoms with Crippen LogP contribution in [0.1, 0.15) is 0 Å². The van der Waals surface area contributed by atoms with Crippen molar-refractivity contribution in [3.8, 4) is 0 Å². The van der Waals surface area contributed by atoms with Gasteiger partial charge in [-0.1, -0.05) is 6.07 Å². The number of rotatable bonds is 4. The smallest absolute Gasteiger partial charge is 0.286 e. The van der Waals surface area contributed by atoms with E-state index in [-0.39, 0.29) is 12.5 Å². The summed E-state index contributed by atoms with van der Waals surface area (Å²) in [6.45, 7) is 0.865. The third-order valence-electron chi connectivity index (χ3n) is 2.70. The number of nitrogens with one attached hydrogen (secondary N) is 1. The Kier molecular flexibility index (Phi) is 4.04. The predicted octanol–water partition coefficient (Wildman–Crippen LogP) is 0.755. The van der Waals surface area contributed by atoms with Gasteiger partial charge < -0.3 is 11.1 Å². The fourth-order valence-electron chi connectivity index (χ4n) is 1.87. The minimum Gasteiger partial charge on any atom is -0.398 e. The van der Waals surface area contributed by atoms with Gasteiger partial charge in [0.15, 0.2) is 6.20 Å². The lowest BCUT2D eigenvalue weighted by atomic mass is 10.2. The van der Waals surface area contributed by atoms with Crippen molar-refractivity contribution < 1.29 is 9.36 Å². The Morgan fingerprint density at radius 2 is 2.17 bits per heavy atom. The molecule has 2 rings (SSSR count). The van der Waals surface area contributed by atoms with Gasteiger partial charge in [-0.25, -0.2) is 0 Å². The molecule has 0 bridgehead atoms. The zero-order valence-corrected chi connectivity index (χ0v) is 10.9. The van der Waals surface area contributed by atoms with E-state index < -0.39 is 0 Å². The largest absolute Gasteiger partial charge is 0.398 e. The van der Waals surface area contributed by atoms with Crippen molar-refractivity contribution in [3.63, 3.8) is 0 Å². The minimum absolute atomic E-state index is 0.0241. The van der Waals surface area contributed by atoms with Crippen LogP contribution >= 0.6 is 12.6 Å². The van der Waals surface area contributed by atoms with Crippen LogP contribution in [0.4, 0.5) is 5.69 Å². The third-order valence-corrected chi connectivity index (χ3v) is 2.93. The van der Waals surface area contributed by atoms with Crippen molar-refractivity contribution in [2.75, 3.05) is 18.0 Å². The summed E-state index contributed by atoms with van der Waals surface area (Å²) in [6.07, 6.45) is 1.88. The number of benzene rings is 1. The van der Waals surface area contributed by atoms with Gasteiger partial charge in [-0.05, 0) is 12.1 Å². The number of fused-ring (bicyclic) bond motifs is 1. The number of hydrogen-bond donors (Lipinski definition) is 3. The van der Waals surface area contributed by atoms with E-state index >= 15 is 0 Å². The molecule has 1 aromatic carbocycles. The van der Waals surface area contributed by atoms with Crippen LogP contribution < -0.4 is 15.6 Å². The number of amides is 1. The van der Waals surface area contributed by atoms with Gasteiger partial charge in [-0.15, -0.1) is 0 Å². The summed E-state index contributed by atoms with van der Waals surface area (Å²) in [6, 6.07) is 9.54. The van der Waals surface area contributed by atoms with Crippen LogP contribution in [0.15, 0.2) is 36.5 Å². The standard InChI is InChI=1S/C13H15N3OS/c14-11-4-1-5-12-10(11)3-2-7-16(12)9-13(17)15-6-8-18/h1-5,7,14H,6,8-9H2,(H2,15,17,18)/p+1. The molecule has 0 unspecified atom stereocenters. The molecule has 2 aromatic rings. The average Bonchev–Trinajstić information content (AvgIpc) is 2.38. The molecule has 0 radical (unpaired) electrons. The molecule has 0 fully saturated rings. The average molecular weight is 262 g/mol. The van der Waals surface area contributed by atoms with E-state index in [4.69, 9.17) is 5.73 Å². The quantitative estimate of drug-likeness (QED) is 0.433. The highest BCUT2D eigenvalue weighted by Gasteiger charge is 2.13. The van der Waals surface area contributed by atoms with Gasteiger partial charge >= 0.3 is 0 Å². The van der Waals surface area contributed by atoms with Gasteiger partial charge in [-0.3, -0.25) is 4.79 Å². The van der Waals surface area contributed by atoms with Crippen molar-refractivity contribution >= 4 is 35.1 Å². The lowest BCUT2D eigenvalue weighted by Gasteiger charge is -2.04. The zero-order chi connectivity index (χ0) is 13.0. The Hall–Kier alpha value is -1.75. The molecule has 1 aromatic heterocycles. The number of nitrogens with zero attached hydrogens (tertiary/aromatic N) is 1. The van der Waals surface area contributed by atoms with E-state index in [9.17, 15) is 4.79 Å². The summed E-state index contributed by atoms with van der Waals surface area (Å²) in [7, 11) is 0. The minimum atomic E-state index is -0.0241. The summed E-state index contributed by atoms with van der Waals surface area (Å²) in [4.78, 5) is 11.7. The number of nitrogen functional groups attached to an aromatic ring is 1. The molecule has 0 aliphatic carbocycles. The van der Waals surface area contributed by atoms with Gasteiger partial charge in [0.2, 0.25) is 12.1 Å². The first-order valence-electron chi connectivity index (χ1n) is 5.76. The van der Waals surface area contributed by atoms with E-state index in [0.717, 1.165) is 16.6 Å². The maximum Gasteiger partial charge on any atom is 0.286 e. The molecule has 0 spiro atoms. The van der Waals surface area contributed by atoms with Gasteiger partial charge in [0.1, 0.15) is 0 Å². The second kappa shape index (κ2) is 5.73. The molecular weight excluding hydrogens is 246 g/mol. The van der Waals surface area contributed by atoms with Crippen LogP contribution in [0, 0.1) is 0 Å². The highest BCUT2D eigenvalue weighted by atomic mass is 32.1. The van der Waals surface area contributed by atoms with Crippen molar-refractivity contribution in [1.29, 1.82) is 0 Å². The Morgan fingerprint density at radius 3 is 2.94 bits per heavy atom. The topological polar surface area (TPSA) is 59.0 Å². The lowest BCUT2D eigenvalue weighted by molar-refractivity contribution is -0.658. The number of carbonyl (C=O) groups excluding carboxylic acids is 1. The van der Waals surface area contributed by atoms with E-state index in [2.05, 4.69) is 17.9 Å². The highest BCUT2D eigenvalue weighted by Crippen LogP contribution is 2.16. The Bertz CT molecular complexity index is 571. The second-order valence-corrected chi connectivity index (χ2v) is 4.44. The molecule has 0 saturated heterocycles. The van der Waals surface area contributed by atoms with Crippen molar-refractivity contribution in [2.24, 2.45) is 0 Å². The number of carbonyl (C=O) groups is 1. The molecule has 1 heterocycles. The second-order valence-electron chi connectivity index (χ2n) is 3.99. The summed E-state index contributed by atoms with van der Waals surface area (Å²) in [5, 5.41) is 3.75. The normalized spacial score (nSPS) is 10.5. The molecule has 18 heavy (non-hydrogen) atoms. The fourth-order valence-corrected chi connectivity index (χ4v) is 1.98. The predicted molar refractivity (Wildman–Crippen MR) is 75.4 cm³/mol. The number of hydrogen-bond acceptors (Lipinski definition) is 3. The van der Waals surface area contributed by atoms with Gasteiger partial charge in [-0.2, -0.15) is 17.2 Å². The van der Waals surface area contributed by atoms with Crippen LogP contribution in [-0.4, -0.2) is 18.2 Å². The summed E-state index contributed by atoms with van der Waals surface area (Å²) in [5.74, 6) is 0.614. The van der Waals surface area contributed by atoms with E-state index in [1.54, 1.807) is 0 Å². The van der Waals surface area contributed by atoms with E-state index in [1.807, 2.05) is 41.1 Å². The molecule has 1 amide bonds. The summed E-state index contributed by atoms with van der Waals surface area (Å²) in [5.41, 5.74) is 7.59. The highest BCUT2D eigenvalue weighted by molar-refractivity contribution is 7.80. The first kappa shape index (κ1) is 12.7.